The third-order valence-electron chi connectivity index (χ3n) is 12.7. The van der Waals surface area contributed by atoms with Crippen molar-refractivity contribution in [1.29, 1.82) is 0 Å². The molecular weight excluding hydrogens is 700 g/mol. The number of amides is 1. The van der Waals surface area contributed by atoms with Crippen LogP contribution in [0.3, 0.4) is 0 Å². The molecule has 306 valence electrons. The first-order valence-electron chi connectivity index (χ1n) is 21.6. The summed E-state index contributed by atoms with van der Waals surface area (Å²) in [5.74, 6) is 3.30. The Hall–Kier alpha value is -2.93. The first-order chi connectivity index (χ1) is 26.4. The first kappa shape index (κ1) is 44.8. The Morgan fingerprint density at radius 2 is 1.69 bits per heavy atom. The Bertz CT molecular complexity index is 1460. The normalized spacial score (nSPS) is 25.5. The number of nitrogens with one attached hydrogen (secondary N) is 1. The third kappa shape index (κ3) is 13.9. The van der Waals surface area contributed by atoms with Crippen molar-refractivity contribution >= 4 is 17.9 Å². The summed E-state index contributed by atoms with van der Waals surface area (Å²) in [6, 6.07) is 5.80. The highest BCUT2D eigenvalue weighted by Gasteiger charge is 2.46. The predicted octanol–water partition coefficient (Wildman–Crippen LogP) is 12.4. The van der Waals surface area contributed by atoms with Gasteiger partial charge >= 0.3 is 0 Å². The van der Waals surface area contributed by atoms with Crippen LogP contribution in [-0.4, -0.2) is 33.0 Å². The van der Waals surface area contributed by atoms with Crippen LogP contribution in [0.15, 0.2) is 79.8 Å². The number of hydrogen-bond acceptors (Lipinski definition) is 5. The van der Waals surface area contributed by atoms with E-state index >= 15 is 0 Å². The van der Waals surface area contributed by atoms with Crippen LogP contribution in [-0.2, 0) is 17.9 Å². The molecule has 5 nitrogen and oxygen atoms in total. The van der Waals surface area contributed by atoms with Gasteiger partial charge in [-0.05, 0) is 119 Å². The average molecular weight is 775 g/mol. The second-order valence-electron chi connectivity index (χ2n) is 17.6. The number of halogens is 1. The van der Waals surface area contributed by atoms with E-state index in [2.05, 4.69) is 79.5 Å². The number of nitrogens with two attached hydrogens (primary N) is 1. The van der Waals surface area contributed by atoms with Gasteiger partial charge in [-0.15, -0.1) is 0 Å². The number of carbonyl (C=O) groups is 1. The molecule has 7 heteroatoms. The summed E-state index contributed by atoms with van der Waals surface area (Å²) in [6.45, 7) is 27.2. The van der Waals surface area contributed by atoms with Gasteiger partial charge in [0, 0.05) is 59.2 Å². The van der Waals surface area contributed by atoms with Gasteiger partial charge in [0.2, 0.25) is 5.91 Å². The molecule has 3 N–H and O–H groups in total. The minimum atomic E-state index is -0.0961. The van der Waals surface area contributed by atoms with E-state index in [1.165, 1.54) is 133 Å². The predicted molar refractivity (Wildman–Crippen MR) is 234 cm³/mol. The van der Waals surface area contributed by atoms with Gasteiger partial charge in [0.05, 0.1) is 0 Å². The molecule has 1 saturated heterocycles. The topological polar surface area (TPSA) is 61.6 Å². The average Bonchev–Trinajstić information content (AvgIpc) is 3.82. The highest BCUT2D eigenvalue weighted by Crippen LogP contribution is 2.51. The molecule has 0 bridgehead atoms. The third-order valence-corrected chi connectivity index (χ3v) is 14.0. The summed E-state index contributed by atoms with van der Waals surface area (Å²) in [5.41, 5.74) is 10.2. The highest BCUT2D eigenvalue weighted by molar-refractivity contribution is 7.99. The van der Waals surface area contributed by atoms with Crippen LogP contribution < -0.4 is 10.5 Å². The summed E-state index contributed by atoms with van der Waals surface area (Å²) < 4.78 is 16.8. The minimum absolute atomic E-state index is 0.0961. The second kappa shape index (κ2) is 22.1. The number of nitrogens with zero attached hydrogens (tertiary/aromatic N) is 2. The maximum absolute atomic E-state index is 13.3. The SMILES string of the molecule is C=C(C)C1CCCN1C(=C)C(CC1CCCC1)C(C)C.C=C(C)N1Cc2cccc(F)c2C1.C=CN.O=C1NSC2(CCCCCCC/C=C/[C@@H]3CC13)CC2. The Morgan fingerprint density at radius 3 is 2.33 bits per heavy atom. The van der Waals surface area contributed by atoms with Gasteiger partial charge in [-0.3, -0.25) is 9.52 Å². The monoisotopic (exact) mass is 775 g/mol. The molecule has 4 fully saturated rings. The van der Waals surface area contributed by atoms with Crippen LogP contribution in [0.1, 0.15) is 148 Å². The number of allylic oxidation sites excluding steroid dienone is 4. The van der Waals surface area contributed by atoms with E-state index in [1.807, 2.05) is 13.0 Å². The fourth-order valence-corrected chi connectivity index (χ4v) is 9.92. The first-order valence-corrected chi connectivity index (χ1v) is 22.5. The summed E-state index contributed by atoms with van der Waals surface area (Å²) in [4.78, 5) is 16.7. The van der Waals surface area contributed by atoms with Gasteiger partial charge in [-0.1, -0.05) is 121 Å². The summed E-state index contributed by atoms with van der Waals surface area (Å²) in [6.07, 6.45) is 28.5. The van der Waals surface area contributed by atoms with Crippen LogP contribution in [0.2, 0.25) is 0 Å². The smallest absolute Gasteiger partial charge is 0.233 e. The van der Waals surface area contributed by atoms with Crippen molar-refractivity contribution in [2.75, 3.05) is 6.54 Å². The minimum Gasteiger partial charge on any atom is -0.405 e. The van der Waals surface area contributed by atoms with Gasteiger partial charge in [0.1, 0.15) is 5.82 Å². The maximum atomic E-state index is 13.3. The summed E-state index contributed by atoms with van der Waals surface area (Å²) in [5, 5.41) is 0. The fourth-order valence-electron chi connectivity index (χ4n) is 8.90. The molecule has 1 aromatic rings. The van der Waals surface area contributed by atoms with E-state index in [-0.39, 0.29) is 17.6 Å². The molecule has 4 atom stereocenters. The summed E-state index contributed by atoms with van der Waals surface area (Å²) in [7, 11) is 0. The molecule has 0 aromatic heterocycles. The van der Waals surface area contributed by atoms with Gasteiger partial charge in [-0.2, -0.15) is 0 Å². The standard InChI is InChI=1S/C19H33N.C16H25NOS.C11H12FN.C2H5N/c1-14(2)18(13-17-9-6-7-10-17)16(5)20-12-8-11-19(20)15(3)4;18-15-14-12-13(14)8-6-4-2-1-3-5-7-9-16(10-11-16)19-17-15;1-8(2)13-6-9-4-3-5-11(12)10(9)7-13;1-2-3/h14,17-19H,3,5-13H2,1-2,4H3;6,8,13-14H,1-5,7,9-12H2,(H,17,18);3-5H,1,6-7H2,2H3;2H,1,3H2/b;8-6+;;/t;13-,14?;;/m.1../s1. The Balaban J connectivity index is 0.000000180. The molecule has 1 spiro atoms. The number of benzene rings is 1. The van der Waals surface area contributed by atoms with E-state index in [4.69, 9.17) is 0 Å². The molecule has 3 heterocycles. The Morgan fingerprint density at radius 1 is 1.00 bits per heavy atom. The molecule has 3 unspecified atom stereocenters. The fraction of sp³-hybridized carbons (Fsp3) is 0.646. The number of carbonyl (C=O) groups excluding carboxylic acids is 1. The van der Waals surface area contributed by atoms with Gasteiger partial charge < -0.3 is 15.5 Å². The summed E-state index contributed by atoms with van der Waals surface area (Å²) >= 11 is 1.74. The molecule has 3 aliphatic carbocycles. The zero-order chi connectivity index (χ0) is 40.0. The zero-order valence-corrected chi connectivity index (χ0v) is 35.9. The molecule has 6 aliphatic rings. The van der Waals surface area contributed by atoms with Crippen LogP contribution in [0.25, 0.3) is 0 Å². The maximum Gasteiger partial charge on any atom is 0.233 e. The van der Waals surface area contributed by atoms with E-state index in [0.29, 0.717) is 35.1 Å². The highest BCUT2D eigenvalue weighted by atomic mass is 32.2. The lowest BCUT2D eigenvalue weighted by atomic mass is 9.83. The van der Waals surface area contributed by atoms with Gasteiger partial charge in [0.15, 0.2) is 0 Å². The largest absolute Gasteiger partial charge is 0.405 e. The Kier molecular flexibility index (Phi) is 18.0. The van der Waals surface area contributed by atoms with Crippen molar-refractivity contribution in [3.8, 4) is 0 Å². The van der Waals surface area contributed by atoms with Crippen molar-refractivity contribution in [3.05, 3.63) is 96.8 Å². The Labute approximate surface area is 339 Å². The van der Waals surface area contributed by atoms with Crippen molar-refractivity contribution < 1.29 is 9.18 Å². The lowest BCUT2D eigenvalue weighted by Gasteiger charge is -2.36. The molecule has 0 radical (unpaired) electrons. The second-order valence-corrected chi connectivity index (χ2v) is 18.9. The van der Waals surface area contributed by atoms with Crippen molar-refractivity contribution in [3.63, 3.8) is 0 Å². The molecule has 1 aromatic carbocycles. The molecule has 7 rings (SSSR count). The number of fused-ring (bicyclic) bond motifs is 2. The molecular formula is C48H75FN4OS. The molecule has 3 aliphatic heterocycles. The molecule has 3 saturated carbocycles. The van der Waals surface area contributed by atoms with Crippen LogP contribution in [0.4, 0.5) is 4.39 Å². The van der Waals surface area contributed by atoms with Crippen molar-refractivity contribution in [2.45, 2.75) is 161 Å². The van der Waals surface area contributed by atoms with E-state index < -0.39 is 0 Å². The number of rotatable bonds is 7. The number of likely N-dealkylation sites (tertiary alicyclic amines) is 1. The van der Waals surface area contributed by atoms with Crippen LogP contribution in [0, 0.1) is 35.4 Å². The lowest BCUT2D eigenvalue weighted by Crippen LogP contribution is -2.34. The van der Waals surface area contributed by atoms with Gasteiger partial charge in [-0.25, -0.2) is 4.39 Å². The van der Waals surface area contributed by atoms with E-state index in [9.17, 15) is 9.18 Å². The van der Waals surface area contributed by atoms with E-state index in [1.54, 1.807) is 18.0 Å². The van der Waals surface area contributed by atoms with Crippen LogP contribution in [0.5, 0.6) is 0 Å². The quantitative estimate of drug-likeness (QED) is 0.213. The van der Waals surface area contributed by atoms with Crippen molar-refractivity contribution in [1.82, 2.24) is 14.5 Å². The van der Waals surface area contributed by atoms with E-state index in [0.717, 1.165) is 35.7 Å². The zero-order valence-electron chi connectivity index (χ0n) is 35.1. The number of hydrogen-bond donors (Lipinski definition) is 2. The molecule has 55 heavy (non-hydrogen) atoms. The van der Waals surface area contributed by atoms with Crippen LogP contribution >= 0.6 is 11.9 Å². The lowest BCUT2D eigenvalue weighted by molar-refractivity contribution is -0.120. The van der Waals surface area contributed by atoms with Crippen molar-refractivity contribution in [2.24, 2.45) is 35.3 Å². The molecule has 1 amide bonds. The van der Waals surface area contributed by atoms with Gasteiger partial charge in [0.25, 0.3) is 0 Å².